The number of phenols is 1. The first-order valence-corrected chi connectivity index (χ1v) is 26.6. The summed E-state index contributed by atoms with van der Waals surface area (Å²) in [5.41, 5.74) is -0.0526. The number of carbonyl (C=O) groups is 6. The first-order valence-electron chi connectivity index (χ1n) is 26.6. The molecule has 20 nitrogen and oxygen atoms in total. The molecule has 2 aromatic carbocycles. The number of nitrogens with zero attached hydrogens (tertiary/aromatic N) is 3. The van der Waals surface area contributed by atoms with Gasteiger partial charge in [-0.25, -0.2) is 19.2 Å². The Labute approximate surface area is 449 Å². The van der Waals surface area contributed by atoms with Crippen molar-refractivity contribution in [3.8, 4) is 23.0 Å². The van der Waals surface area contributed by atoms with E-state index in [1.807, 2.05) is 39.0 Å². The minimum absolute atomic E-state index is 0.00114. The first kappa shape index (κ1) is 60.5. The van der Waals surface area contributed by atoms with Crippen LogP contribution in [0.4, 0.5) is 19.2 Å². The number of esters is 2. The second-order valence-electron chi connectivity index (χ2n) is 23.8. The van der Waals surface area contributed by atoms with E-state index in [1.54, 1.807) is 90.0 Å². The van der Waals surface area contributed by atoms with E-state index in [4.69, 9.17) is 37.9 Å². The fourth-order valence-corrected chi connectivity index (χ4v) is 9.41. The molecule has 1 fully saturated rings. The van der Waals surface area contributed by atoms with Gasteiger partial charge in [-0.2, -0.15) is 0 Å². The molecule has 76 heavy (non-hydrogen) atoms. The summed E-state index contributed by atoms with van der Waals surface area (Å²) >= 11 is 0. The van der Waals surface area contributed by atoms with Gasteiger partial charge in [0.05, 0.1) is 25.7 Å². The van der Waals surface area contributed by atoms with Crippen LogP contribution in [0.1, 0.15) is 162 Å². The summed E-state index contributed by atoms with van der Waals surface area (Å²) in [6, 6.07) is 6.07. The lowest BCUT2D eigenvalue weighted by atomic mass is 9.65. The van der Waals surface area contributed by atoms with E-state index in [-0.39, 0.29) is 63.5 Å². The number of nitrogens with one attached hydrogen (secondary N) is 2. The number of amides is 5. The van der Waals surface area contributed by atoms with Crippen molar-refractivity contribution in [3.05, 3.63) is 46.5 Å². The number of cyclic esters (lactones) is 1. The molecule has 2 aliphatic heterocycles. The molecule has 5 amide bonds. The van der Waals surface area contributed by atoms with Gasteiger partial charge >= 0.3 is 36.2 Å². The lowest BCUT2D eigenvalue weighted by Crippen LogP contribution is -2.46. The standard InChI is InChI=1S/C56H85N5O15/c1-35-29-36(30-42(69-14)47(35)63)44-37-31-40-41(72-34-71-40)32-38(37)46(39-33-70-48(64)45(39)44)58-49(65)57-22-19-26-61(52(68)76-56(11,12)13)28-20-27-60(51(67)75-55(8,9)10)25-18-17-24-59(50(66)74-54(5,6)7)23-16-15-21-43(62)73-53(2,3)4/h29-32,39,44-46,63H,15-28,33-34H2,1-14H3,(H2,57,58,65)/t39-,44?,45-,46+/m0/s1. The average Bonchev–Trinajstić information content (AvgIpc) is 3.92. The molecule has 1 aliphatic carbocycles. The number of methoxy groups -OCH3 is 1. The van der Waals surface area contributed by atoms with E-state index < -0.39 is 76.5 Å². The fraction of sp³-hybridized carbons (Fsp3) is 0.679. The van der Waals surface area contributed by atoms with Crippen LogP contribution in [0, 0.1) is 18.8 Å². The smallest absolute Gasteiger partial charge is 0.410 e. The normalized spacial score (nSPS) is 17.8. The number of hydrogen-bond donors (Lipinski definition) is 3. The van der Waals surface area contributed by atoms with Crippen LogP contribution in [0.2, 0.25) is 0 Å². The molecule has 0 aromatic heterocycles. The minimum Gasteiger partial charge on any atom is -0.504 e. The molecule has 20 heteroatoms. The zero-order chi connectivity index (χ0) is 56.3. The second kappa shape index (κ2) is 25.7. The number of urea groups is 1. The number of fused-ring (bicyclic) bond motifs is 3. The topological polar surface area (TPSA) is 230 Å². The zero-order valence-corrected chi connectivity index (χ0v) is 47.4. The van der Waals surface area contributed by atoms with Crippen LogP contribution in [-0.4, -0.2) is 145 Å². The summed E-state index contributed by atoms with van der Waals surface area (Å²) < 4.78 is 45.4. The number of aryl methyl sites for hydroxylation is 1. The van der Waals surface area contributed by atoms with Gasteiger partial charge in [-0.05, 0) is 169 Å². The van der Waals surface area contributed by atoms with Crippen molar-refractivity contribution >= 4 is 36.2 Å². The van der Waals surface area contributed by atoms with E-state index >= 15 is 0 Å². The second-order valence-corrected chi connectivity index (χ2v) is 23.8. The maximum absolute atomic E-state index is 13.8. The molecule has 1 unspecified atom stereocenters. The molecule has 3 aliphatic rings. The highest BCUT2D eigenvalue weighted by Gasteiger charge is 2.53. The van der Waals surface area contributed by atoms with E-state index in [0.717, 1.165) is 16.7 Å². The number of rotatable bonds is 21. The number of ether oxygens (including phenoxy) is 8. The SMILES string of the molecule is COc1cc(C2c3cc4c(cc3[C@@H](NC(=O)NCCCN(CCCN(CCCCN(CCCCC(=O)OC(C)(C)C)C(=O)OC(C)(C)C)C(=O)OC(C)(C)C)C(=O)OC(C)(C)C)[C@H]3COC(=O)[C@H]23)OCO4)cc(C)c1O. The number of benzene rings is 2. The van der Waals surface area contributed by atoms with Crippen LogP contribution in [0.3, 0.4) is 0 Å². The predicted octanol–water partition coefficient (Wildman–Crippen LogP) is 9.50. The number of phenolic OH excluding ortho intramolecular Hbond substituents is 1. The Morgan fingerprint density at radius 3 is 1.61 bits per heavy atom. The van der Waals surface area contributed by atoms with Crippen LogP contribution in [-0.2, 0) is 33.3 Å². The van der Waals surface area contributed by atoms with E-state index in [9.17, 15) is 33.9 Å². The molecule has 4 atom stereocenters. The highest BCUT2D eigenvalue weighted by Crippen LogP contribution is 2.55. The van der Waals surface area contributed by atoms with E-state index in [1.165, 1.54) is 7.11 Å². The molecule has 3 N–H and O–H groups in total. The quantitative estimate of drug-likeness (QED) is 0.0600. The summed E-state index contributed by atoms with van der Waals surface area (Å²) in [7, 11) is 1.47. The van der Waals surface area contributed by atoms with Crippen molar-refractivity contribution < 1.29 is 71.8 Å². The van der Waals surface area contributed by atoms with Crippen LogP contribution in [0.25, 0.3) is 0 Å². The average molecular weight is 1070 g/mol. The summed E-state index contributed by atoms with van der Waals surface area (Å²) in [5.74, 6) is -1.08. The lowest BCUT2D eigenvalue weighted by Gasteiger charge is -2.39. The Morgan fingerprint density at radius 1 is 0.632 bits per heavy atom. The van der Waals surface area contributed by atoms with Crippen molar-refractivity contribution in [1.29, 1.82) is 0 Å². The summed E-state index contributed by atoms with van der Waals surface area (Å²) in [6.07, 6.45) is 1.68. The van der Waals surface area contributed by atoms with Gasteiger partial charge in [0.1, 0.15) is 22.4 Å². The molecule has 2 heterocycles. The molecule has 2 aromatic rings. The third kappa shape index (κ3) is 17.9. The molecule has 424 valence electrons. The molecule has 0 radical (unpaired) electrons. The maximum Gasteiger partial charge on any atom is 0.410 e. The molecule has 0 spiro atoms. The molecule has 5 rings (SSSR count). The minimum atomic E-state index is -0.787. The van der Waals surface area contributed by atoms with Gasteiger partial charge < -0.3 is 68.3 Å². The van der Waals surface area contributed by atoms with Crippen LogP contribution >= 0.6 is 0 Å². The zero-order valence-electron chi connectivity index (χ0n) is 47.4. The lowest BCUT2D eigenvalue weighted by molar-refractivity contribution is -0.155. The third-order valence-corrected chi connectivity index (χ3v) is 12.6. The van der Waals surface area contributed by atoms with Gasteiger partial charge in [0.25, 0.3) is 0 Å². The summed E-state index contributed by atoms with van der Waals surface area (Å²) in [4.78, 5) is 85.0. The van der Waals surface area contributed by atoms with Crippen LogP contribution in [0.15, 0.2) is 24.3 Å². The monoisotopic (exact) mass is 1070 g/mol. The van der Waals surface area contributed by atoms with E-state index in [2.05, 4.69) is 10.6 Å². The van der Waals surface area contributed by atoms with E-state index in [0.29, 0.717) is 75.2 Å². The first-order chi connectivity index (χ1) is 35.4. The van der Waals surface area contributed by atoms with Crippen molar-refractivity contribution in [2.24, 2.45) is 11.8 Å². The molecule has 0 saturated carbocycles. The Hall–Kier alpha value is -6.34. The van der Waals surface area contributed by atoms with Gasteiger partial charge in [0, 0.05) is 64.1 Å². The molecule has 0 bridgehead atoms. The summed E-state index contributed by atoms with van der Waals surface area (Å²) in [6.45, 7) is 25.4. The molecule has 1 saturated heterocycles. The summed E-state index contributed by atoms with van der Waals surface area (Å²) in [5, 5.41) is 16.7. The molecular weight excluding hydrogens is 983 g/mol. The third-order valence-electron chi connectivity index (χ3n) is 12.6. The van der Waals surface area contributed by atoms with Crippen molar-refractivity contribution in [1.82, 2.24) is 25.3 Å². The largest absolute Gasteiger partial charge is 0.504 e. The number of carbonyl (C=O) groups excluding carboxylic acids is 6. The van der Waals surface area contributed by atoms with Crippen LogP contribution < -0.4 is 24.8 Å². The maximum atomic E-state index is 13.8. The van der Waals surface area contributed by atoms with Crippen molar-refractivity contribution in [2.75, 3.05) is 66.3 Å². The van der Waals surface area contributed by atoms with Crippen molar-refractivity contribution in [3.63, 3.8) is 0 Å². The fourth-order valence-electron chi connectivity index (χ4n) is 9.41. The number of unbranched alkanes of at least 4 members (excludes halogenated alkanes) is 2. The van der Waals surface area contributed by atoms with Crippen molar-refractivity contribution in [2.45, 2.75) is 169 Å². The predicted molar refractivity (Wildman–Crippen MR) is 283 cm³/mol. The van der Waals surface area contributed by atoms with Gasteiger partial charge in [-0.15, -0.1) is 0 Å². The van der Waals surface area contributed by atoms with Gasteiger partial charge in [0.2, 0.25) is 6.79 Å². The van der Waals surface area contributed by atoms with Gasteiger partial charge in [-0.3, -0.25) is 9.59 Å². The van der Waals surface area contributed by atoms with Crippen LogP contribution in [0.5, 0.6) is 23.0 Å². The highest BCUT2D eigenvalue weighted by molar-refractivity contribution is 5.80. The molecular formula is C56H85N5O15. The Morgan fingerprint density at radius 2 is 1.11 bits per heavy atom. The Balaban J connectivity index is 1.21. The number of hydrogen-bond acceptors (Lipinski definition) is 15. The Kier molecular flexibility index (Phi) is 20.4. The Bertz CT molecular complexity index is 2370. The number of aromatic hydroxyl groups is 1. The van der Waals surface area contributed by atoms with Gasteiger partial charge in [-0.1, -0.05) is 6.07 Å². The van der Waals surface area contributed by atoms with Gasteiger partial charge in [0.15, 0.2) is 23.0 Å². The highest BCUT2D eigenvalue weighted by atomic mass is 16.7.